The summed E-state index contributed by atoms with van der Waals surface area (Å²) in [5.41, 5.74) is 2.26. The second-order valence-corrected chi connectivity index (χ2v) is 6.41. The molecule has 0 aliphatic carbocycles. The Morgan fingerprint density at radius 2 is 2.27 bits per heavy atom. The molecule has 7 heteroatoms. The normalized spacial score (nSPS) is 12.2. The maximum atomic E-state index is 12.2. The Balaban J connectivity index is 1.69. The molecule has 0 aliphatic rings. The Morgan fingerprint density at radius 3 is 2.95 bits per heavy atom. The van der Waals surface area contributed by atoms with E-state index in [9.17, 15) is 10.1 Å². The van der Waals surface area contributed by atoms with Crippen LogP contribution in [0.25, 0.3) is 11.1 Å². The molecule has 0 aliphatic heterocycles. The molecule has 2 aromatic heterocycles. The van der Waals surface area contributed by atoms with E-state index in [0.29, 0.717) is 15.8 Å². The van der Waals surface area contributed by atoms with E-state index in [4.69, 9.17) is 4.42 Å². The van der Waals surface area contributed by atoms with Gasteiger partial charge in [0.1, 0.15) is 10.5 Å². The first-order valence-electron chi connectivity index (χ1n) is 6.50. The standard InChI is InChI=1S/C15H11N3O2S2/c1-9-7-21-14(17-9)10(6-16)12(19)8-22-15-18-11-4-2-3-5-13(11)20-15/h2-5,7,10H,8H2,1H3/t10-/m0/s1. The van der Waals surface area contributed by atoms with Gasteiger partial charge in [-0.05, 0) is 19.1 Å². The molecule has 0 radical (unpaired) electrons. The Labute approximate surface area is 135 Å². The summed E-state index contributed by atoms with van der Waals surface area (Å²) in [6.07, 6.45) is 0. The topological polar surface area (TPSA) is 79.8 Å². The molecule has 0 N–H and O–H groups in total. The number of fused-ring (bicyclic) bond motifs is 1. The Morgan fingerprint density at radius 1 is 1.45 bits per heavy atom. The van der Waals surface area contributed by atoms with E-state index >= 15 is 0 Å². The van der Waals surface area contributed by atoms with Crippen LogP contribution in [0.3, 0.4) is 0 Å². The van der Waals surface area contributed by atoms with Crippen LogP contribution in [-0.2, 0) is 4.79 Å². The van der Waals surface area contributed by atoms with Crippen LogP contribution in [0.4, 0.5) is 0 Å². The maximum Gasteiger partial charge on any atom is 0.257 e. The summed E-state index contributed by atoms with van der Waals surface area (Å²) in [7, 11) is 0. The summed E-state index contributed by atoms with van der Waals surface area (Å²) in [5, 5.41) is 12.0. The van der Waals surface area contributed by atoms with Crippen molar-refractivity contribution in [2.45, 2.75) is 18.1 Å². The number of aromatic nitrogens is 2. The number of benzene rings is 1. The summed E-state index contributed by atoms with van der Waals surface area (Å²) >= 11 is 2.53. The van der Waals surface area contributed by atoms with E-state index in [1.165, 1.54) is 23.1 Å². The second-order valence-electron chi connectivity index (χ2n) is 4.59. The van der Waals surface area contributed by atoms with E-state index in [2.05, 4.69) is 9.97 Å². The van der Waals surface area contributed by atoms with Crippen molar-refractivity contribution in [1.29, 1.82) is 5.26 Å². The molecule has 3 rings (SSSR count). The van der Waals surface area contributed by atoms with Crippen LogP contribution < -0.4 is 0 Å². The van der Waals surface area contributed by atoms with Crippen LogP contribution in [0.5, 0.6) is 0 Å². The average Bonchev–Trinajstić information content (AvgIpc) is 3.12. The van der Waals surface area contributed by atoms with Gasteiger partial charge < -0.3 is 4.42 Å². The molecule has 0 bridgehead atoms. The average molecular weight is 329 g/mol. The van der Waals surface area contributed by atoms with Gasteiger partial charge in [-0.25, -0.2) is 9.97 Å². The molecule has 0 saturated carbocycles. The van der Waals surface area contributed by atoms with E-state index in [0.717, 1.165) is 11.2 Å². The summed E-state index contributed by atoms with van der Waals surface area (Å²) in [4.78, 5) is 20.7. The molecule has 5 nitrogen and oxygen atoms in total. The third-order valence-electron chi connectivity index (χ3n) is 2.95. The molecular weight excluding hydrogens is 318 g/mol. The molecule has 22 heavy (non-hydrogen) atoms. The van der Waals surface area contributed by atoms with Crippen molar-refractivity contribution >= 4 is 40.0 Å². The lowest BCUT2D eigenvalue weighted by Crippen LogP contribution is -2.13. The maximum absolute atomic E-state index is 12.2. The molecule has 110 valence electrons. The van der Waals surface area contributed by atoms with Crippen LogP contribution in [0.15, 0.2) is 39.3 Å². The lowest BCUT2D eigenvalue weighted by molar-refractivity contribution is -0.116. The smallest absolute Gasteiger partial charge is 0.257 e. The lowest BCUT2D eigenvalue weighted by Gasteiger charge is -2.03. The van der Waals surface area contributed by atoms with E-state index < -0.39 is 5.92 Å². The number of nitriles is 1. The molecule has 0 amide bonds. The lowest BCUT2D eigenvalue weighted by atomic mass is 10.1. The van der Waals surface area contributed by atoms with Crippen molar-refractivity contribution in [3.63, 3.8) is 0 Å². The van der Waals surface area contributed by atoms with Crippen LogP contribution >= 0.6 is 23.1 Å². The number of carbonyl (C=O) groups is 1. The van der Waals surface area contributed by atoms with Crippen molar-refractivity contribution in [2.75, 3.05) is 5.75 Å². The van der Waals surface area contributed by atoms with Crippen molar-refractivity contribution in [3.8, 4) is 6.07 Å². The fourth-order valence-corrected chi connectivity index (χ4v) is 3.50. The molecule has 0 saturated heterocycles. The van der Waals surface area contributed by atoms with Crippen LogP contribution in [0, 0.1) is 18.3 Å². The first kappa shape index (κ1) is 14.8. The zero-order valence-electron chi connectivity index (χ0n) is 11.6. The summed E-state index contributed by atoms with van der Waals surface area (Å²) in [6, 6.07) is 9.44. The van der Waals surface area contributed by atoms with Crippen LogP contribution in [-0.4, -0.2) is 21.5 Å². The third-order valence-corrected chi connectivity index (χ3v) is 4.82. The molecule has 1 atom stereocenters. The zero-order chi connectivity index (χ0) is 15.5. The van der Waals surface area contributed by atoms with Crippen LogP contribution in [0.2, 0.25) is 0 Å². The van der Waals surface area contributed by atoms with Crippen molar-refractivity contribution in [1.82, 2.24) is 9.97 Å². The van der Waals surface area contributed by atoms with Crippen molar-refractivity contribution in [2.24, 2.45) is 0 Å². The first-order valence-corrected chi connectivity index (χ1v) is 8.36. The fourth-order valence-electron chi connectivity index (χ4n) is 1.90. The van der Waals surface area contributed by atoms with Gasteiger partial charge >= 0.3 is 0 Å². The minimum absolute atomic E-state index is 0.129. The monoisotopic (exact) mass is 329 g/mol. The fraction of sp³-hybridized carbons (Fsp3) is 0.200. The number of thioether (sulfide) groups is 1. The first-order chi connectivity index (χ1) is 10.7. The molecule has 0 fully saturated rings. The molecule has 1 aromatic carbocycles. The van der Waals surface area contributed by atoms with Gasteiger partial charge in [-0.15, -0.1) is 11.3 Å². The molecule has 0 unspecified atom stereocenters. The summed E-state index contributed by atoms with van der Waals surface area (Å²) in [5.74, 6) is -0.886. The molecular formula is C15H11N3O2S2. The van der Waals surface area contributed by atoms with Gasteiger partial charge in [0.25, 0.3) is 5.22 Å². The van der Waals surface area contributed by atoms with E-state index in [1.54, 1.807) is 0 Å². The summed E-state index contributed by atoms with van der Waals surface area (Å²) < 4.78 is 5.55. The number of rotatable bonds is 5. The zero-order valence-corrected chi connectivity index (χ0v) is 13.3. The van der Waals surface area contributed by atoms with Gasteiger partial charge in [0.15, 0.2) is 17.3 Å². The van der Waals surface area contributed by atoms with E-state index in [1.807, 2.05) is 42.6 Å². The number of ketones is 1. The third kappa shape index (κ3) is 3.03. The summed E-state index contributed by atoms with van der Waals surface area (Å²) in [6.45, 7) is 1.84. The van der Waals surface area contributed by atoms with Gasteiger partial charge in [0.05, 0.1) is 11.8 Å². The number of carbonyl (C=O) groups excluding carboxylic acids is 1. The number of aryl methyl sites for hydroxylation is 1. The number of oxazole rings is 1. The Hall–Kier alpha value is -2.17. The number of hydrogen-bond donors (Lipinski definition) is 0. The quantitative estimate of drug-likeness (QED) is 0.666. The predicted octanol–water partition coefficient (Wildman–Crippen LogP) is 3.56. The SMILES string of the molecule is Cc1csc([C@@H](C#N)C(=O)CSc2nc3ccccc3o2)n1. The number of thiazole rings is 1. The van der Waals surface area contributed by atoms with Crippen molar-refractivity contribution < 1.29 is 9.21 Å². The van der Waals surface area contributed by atoms with Gasteiger partial charge in [-0.2, -0.15) is 5.26 Å². The number of para-hydroxylation sites is 2. The van der Waals surface area contributed by atoms with Gasteiger partial charge in [0.2, 0.25) is 0 Å². The highest BCUT2D eigenvalue weighted by atomic mass is 32.2. The van der Waals surface area contributed by atoms with E-state index in [-0.39, 0.29) is 11.5 Å². The highest BCUT2D eigenvalue weighted by molar-refractivity contribution is 7.99. The largest absolute Gasteiger partial charge is 0.431 e. The van der Waals surface area contributed by atoms with Crippen LogP contribution in [0.1, 0.15) is 16.6 Å². The van der Waals surface area contributed by atoms with Gasteiger partial charge in [0, 0.05) is 11.1 Å². The Bertz CT molecular complexity index is 830. The molecule has 2 heterocycles. The Kier molecular flexibility index (Phi) is 4.22. The molecule has 3 aromatic rings. The highest BCUT2D eigenvalue weighted by Crippen LogP contribution is 2.26. The van der Waals surface area contributed by atoms with Gasteiger partial charge in [-0.3, -0.25) is 4.79 Å². The van der Waals surface area contributed by atoms with Crippen molar-refractivity contribution in [3.05, 3.63) is 40.3 Å². The second kappa shape index (κ2) is 6.30. The van der Waals surface area contributed by atoms with Gasteiger partial charge in [-0.1, -0.05) is 23.9 Å². The number of Topliss-reactive ketones (excluding diaryl/α,β-unsaturated/α-hetero) is 1. The number of nitrogens with zero attached hydrogens (tertiary/aromatic N) is 3. The minimum Gasteiger partial charge on any atom is -0.431 e. The molecule has 0 spiro atoms. The number of hydrogen-bond acceptors (Lipinski definition) is 7. The predicted molar refractivity (Wildman–Crippen MR) is 84.9 cm³/mol. The highest BCUT2D eigenvalue weighted by Gasteiger charge is 2.23. The minimum atomic E-state index is -0.824.